The first-order valence-corrected chi connectivity index (χ1v) is 5.18. The maximum Gasteiger partial charge on any atom is 0.333 e. The van der Waals surface area contributed by atoms with Crippen LogP contribution >= 0.6 is 0 Å². The van der Waals surface area contributed by atoms with Crippen LogP contribution in [-0.4, -0.2) is 27.3 Å². The zero-order chi connectivity index (χ0) is 12.3. The Hall–Kier alpha value is -1.63. The topological polar surface area (TPSA) is 99.0 Å². The Bertz CT molecular complexity index is 385. The molecule has 0 bridgehead atoms. The molecule has 1 unspecified atom stereocenters. The Morgan fingerprint density at radius 3 is 2.75 bits per heavy atom. The van der Waals surface area contributed by atoms with Crippen LogP contribution in [0.15, 0.2) is 0 Å². The molecule has 0 aliphatic heterocycles. The predicted octanol–water partition coefficient (Wildman–Crippen LogP) is 0.879. The molecule has 1 aromatic heterocycles. The van der Waals surface area contributed by atoms with Crippen molar-refractivity contribution in [1.29, 1.82) is 0 Å². The fourth-order valence-corrected chi connectivity index (χ4v) is 1.45. The molecule has 0 amide bonds. The molecule has 7 nitrogen and oxygen atoms in total. The van der Waals surface area contributed by atoms with E-state index in [2.05, 4.69) is 10.4 Å². The van der Waals surface area contributed by atoms with Gasteiger partial charge in [-0.25, -0.2) is 4.68 Å². The highest BCUT2D eigenvalue weighted by Crippen LogP contribution is 2.27. The van der Waals surface area contributed by atoms with Crippen molar-refractivity contribution in [2.75, 3.05) is 11.9 Å². The minimum Gasteiger partial charge on any atom is -0.363 e. The molecule has 0 radical (unpaired) electrons. The largest absolute Gasteiger partial charge is 0.363 e. The molecule has 0 fully saturated rings. The van der Waals surface area contributed by atoms with Crippen LogP contribution in [0.1, 0.15) is 19.5 Å². The van der Waals surface area contributed by atoms with Crippen molar-refractivity contribution in [2.45, 2.75) is 33.4 Å². The number of nitro groups is 1. The maximum absolute atomic E-state index is 10.9. The van der Waals surface area contributed by atoms with Crippen LogP contribution in [0, 0.1) is 17.0 Å². The molecular formula is C9H17N5O2. The molecule has 1 atom stereocenters. The number of nitrogens with two attached hydrogens (primary N) is 1. The molecule has 0 saturated carbocycles. The van der Waals surface area contributed by atoms with Gasteiger partial charge in [0.2, 0.25) is 5.82 Å². The van der Waals surface area contributed by atoms with Gasteiger partial charge in [-0.05, 0) is 20.8 Å². The van der Waals surface area contributed by atoms with E-state index in [0.29, 0.717) is 24.6 Å². The van der Waals surface area contributed by atoms with Crippen molar-refractivity contribution in [3.8, 4) is 0 Å². The summed E-state index contributed by atoms with van der Waals surface area (Å²) in [6.07, 6.45) is 0. The number of aromatic nitrogens is 2. The van der Waals surface area contributed by atoms with E-state index < -0.39 is 4.92 Å². The summed E-state index contributed by atoms with van der Waals surface area (Å²) >= 11 is 0. The first kappa shape index (κ1) is 12.4. The van der Waals surface area contributed by atoms with Gasteiger partial charge in [0.1, 0.15) is 5.69 Å². The third kappa shape index (κ3) is 2.48. The minimum atomic E-state index is -0.419. The standard InChI is InChI=1S/C9H17N5O2/c1-4-13-9(11-5-6(2)10)8(14(15)16)7(3)12-13/h6,11H,4-5,10H2,1-3H3. The van der Waals surface area contributed by atoms with Gasteiger partial charge in [0, 0.05) is 19.1 Å². The third-order valence-electron chi connectivity index (χ3n) is 2.17. The normalized spacial score (nSPS) is 12.5. The average Bonchev–Trinajstić information content (AvgIpc) is 2.51. The van der Waals surface area contributed by atoms with Crippen LogP contribution in [0.5, 0.6) is 0 Å². The molecule has 1 aromatic rings. The van der Waals surface area contributed by atoms with E-state index in [1.807, 2.05) is 13.8 Å². The molecule has 3 N–H and O–H groups in total. The van der Waals surface area contributed by atoms with E-state index in [-0.39, 0.29) is 11.7 Å². The monoisotopic (exact) mass is 227 g/mol. The summed E-state index contributed by atoms with van der Waals surface area (Å²) in [5.74, 6) is 0.433. The van der Waals surface area contributed by atoms with Crippen molar-refractivity contribution >= 4 is 11.5 Å². The highest BCUT2D eigenvalue weighted by molar-refractivity contribution is 5.59. The second kappa shape index (κ2) is 4.93. The number of nitrogens with one attached hydrogen (secondary N) is 1. The average molecular weight is 227 g/mol. The van der Waals surface area contributed by atoms with Crippen molar-refractivity contribution in [3.63, 3.8) is 0 Å². The highest BCUT2D eigenvalue weighted by atomic mass is 16.6. The van der Waals surface area contributed by atoms with Crippen molar-refractivity contribution in [1.82, 2.24) is 9.78 Å². The van der Waals surface area contributed by atoms with E-state index in [4.69, 9.17) is 5.73 Å². The van der Waals surface area contributed by atoms with Gasteiger partial charge >= 0.3 is 5.69 Å². The molecular weight excluding hydrogens is 210 g/mol. The lowest BCUT2D eigenvalue weighted by atomic mass is 10.3. The van der Waals surface area contributed by atoms with Gasteiger partial charge in [-0.1, -0.05) is 0 Å². The number of hydrogen-bond donors (Lipinski definition) is 2. The second-order valence-corrected chi connectivity index (χ2v) is 3.71. The van der Waals surface area contributed by atoms with Gasteiger partial charge in [0.25, 0.3) is 0 Å². The number of anilines is 1. The first-order valence-electron chi connectivity index (χ1n) is 5.18. The molecule has 0 aromatic carbocycles. The number of rotatable bonds is 5. The van der Waals surface area contributed by atoms with Crippen LogP contribution in [0.3, 0.4) is 0 Å². The Morgan fingerprint density at radius 2 is 2.31 bits per heavy atom. The predicted molar refractivity (Wildman–Crippen MR) is 61.4 cm³/mol. The number of nitrogens with zero attached hydrogens (tertiary/aromatic N) is 3. The van der Waals surface area contributed by atoms with Gasteiger partial charge in [-0.3, -0.25) is 10.1 Å². The molecule has 0 aliphatic rings. The second-order valence-electron chi connectivity index (χ2n) is 3.71. The number of aryl methyl sites for hydroxylation is 2. The summed E-state index contributed by atoms with van der Waals surface area (Å²) in [7, 11) is 0. The van der Waals surface area contributed by atoms with Crippen molar-refractivity contribution in [3.05, 3.63) is 15.8 Å². The van der Waals surface area contributed by atoms with Gasteiger partial charge in [-0.15, -0.1) is 0 Å². The van der Waals surface area contributed by atoms with E-state index in [9.17, 15) is 10.1 Å². The van der Waals surface area contributed by atoms with Gasteiger partial charge < -0.3 is 11.1 Å². The molecule has 1 rings (SSSR count). The van der Waals surface area contributed by atoms with Gasteiger partial charge in [0.05, 0.1) is 4.92 Å². The maximum atomic E-state index is 10.9. The Kier molecular flexibility index (Phi) is 3.83. The number of hydrogen-bond acceptors (Lipinski definition) is 5. The lowest BCUT2D eigenvalue weighted by Crippen LogP contribution is -2.26. The third-order valence-corrected chi connectivity index (χ3v) is 2.17. The lowest BCUT2D eigenvalue weighted by Gasteiger charge is -2.09. The van der Waals surface area contributed by atoms with Crippen LogP contribution in [-0.2, 0) is 6.54 Å². The van der Waals surface area contributed by atoms with Crippen molar-refractivity contribution < 1.29 is 4.92 Å². The zero-order valence-corrected chi connectivity index (χ0v) is 9.73. The summed E-state index contributed by atoms with van der Waals surface area (Å²) in [5, 5.41) is 18.0. The molecule has 16 heavy (non-hydrogen) atoms. The SMILES string of the molecule is CCn1nc(C)c([N+](=O)[O-])c1NCC(C)N. The Morgan fingerprint density at radius 1 is 1.69 bits per heavy atom. The lowest BCUT2D eigenvalue weighted by molar-refractivity contribution is -0.384. The first-order chi connectivity index (χ1) is 7.47. The van der Waals surface area contributed by atoms with Gasteiger partial charge in [-0.2, -0.15) is 5.10 Å². The van der Waals surface area contributed by atoms with E-state index in [0.717, 1.165) is 0 Å². The van der Waals surface area contributed by atoms with Gasteiger partial charge in [0.15, 0.2) is 0 Å². The quantitative estimate of drug-likeness (QED) is 0.574. The Labute approximate surface area is 93.8 Å². The van der Waals surface area contributed by atoms with Crippen molar-refractivity contribution in [2.24, 2.45) is 5.73 Å². The Balaban J connectivity index is 3.06. The highest BCUT2D eigenvalue weighted by Gasteiger charge is 2.24. The zero-order valence-electron chi connectivity index (χ0n) is 9.73. The van der Waals surface area contributed by atoms with E-state index in [1.165, 1.54) is 0 Å². The minimum absolute atomic E-state index is 0.0301. The smallest absolute Gasteiger partial charge is 0.333 e. The van der Waals surface area contributed by atoms with Crippen LogP contribution < -0.4 is 11.1 Å². The fraction of sp³-hybridized carbons (Fsp3) is 0.667. The fourth-order valence-electron chi connectivity index (χ4n) is 1.45. The van der Waals surface area contributed by atoms with Crippen LogP contribution in [0.25, 0.3) is 0 Å². The molecule has 0 aliphatic carbocycles. The molecule has 1 heterocycles. The molecule has 7 heteroatoms. The molecule has 0 spiro atoms. The summed E-state index contributed by atoms with van der Waals surface area (Å²) in [6.45, 7) is 6.40. The van der Waals surface area contributed by atoms with E-state index in [1.54, 1.807) is 11.6 Å². The summed E-state index contributed by atoms with van der Waals surface area (Å²) in [6, 6.07) is -0.0693. The van der Waals surface area contributed by atoms with Crippen LogP contribution in [0.4, 0.5) is 11.5 Å². The molecule has 0 saturated heterocycles. The summed E-state index contributed by atoms with van der Waals surface area (Å²) in [5.41, 5.74) is 6.05. The summed E-state index contributed by atoms with van der Waals surface area (Å²) in [4.78, 5) is 10.5. The van der Waals surface area contributed by atoms with Crippen LogP contribution in [0.2, 0.25) is 0 Å². The molecule has 90 valence electrons. The van der Waals surface area contributed by atoms with E-state index >= 15 is 0 Å². The summed E-state index contributed by atoms with van der Waals surface area (Å²) < 4.78 is 1.58.